The second-order valence-corrected chi connectivity index (χ2v) is 6.48. The number of aliphatic hydroxyl groups excluding tert-OH is 1. The zero-order valence-corrected chi connectivity index (χ0v) is 13.0. The van der Waals surface area contributed by atoms with Crippen molar-refractivity contribution in [3.63, 3.8) is 0 Å². The van der Waals surface area contributed by atoms with Crippen molar-refractivity contribution in [1.82, 2.24) is 14.9 Å². The Morgan fingerprint density at radius 2 is 2.20 bits per heavy atom. The lowest BCUT2D eigenvalue weighted by atomic mass is 9.88. The molecule has 2 N–H and O–H groups in total. The molecule has 1 heterocycles. The van der Waals surface area contributed by atoms with Crippen molar-refractivity contribution in [2.24, 2.45) is 5.41 Å². The number of carbonyl (C=O) groups excluding carboxylic acids is 1. The standard InChI is InChI=1S/C15H27N3O2/c1-12-16-7-9-18(12)8-5-6-14(20)17-13(11-19)10-15(2,3)4/h7,9,13,19H,5-6,8,10-11H2,1-4H3,(H,17,20). The van der Waals surface area contributed by atoms with Gasteiger partial charge in [-0.1, -0.05) is 20.8 Å². The van der Waals surface area contributed by atoms with Crippen LogP contribution < -0.4 is 5.32 Å². The molecule has 1 rings (SSSR count). The number of aliphatic hydroxyl groups is 1. The fourth-order valence-electron chi connectivity index (χ4n) is 2.25. The second-order valence-electron chi connectivity index (χ2n) is 6.48. The van der Waals surface area contributed by atoms with Gasteiger partial charge in [0.1, 0.15) is 5.82 Å². The van der Waals surface area contributed by atoms with Gasteiger partial charge in [-0.25, -0.2) is 4.98 Å². The largest absolute Gasteiger partial charge is 0.394 e. The van der Waals surface area contributed by atoms with E-state index in [4.69, 9.17) is 0 Å². The third-order valence-corrected chi connectivity index (χ3v) is 3.17. The Morgan fingerprint density at radius 3 is 2.70 bits per heavy atom. The Kier molecular flexibility index (Phi) is 6.20. The highest BCUT2D eigenvalue weighted by atomic mass is 16.3. The molecular formula is C15H27N3O2. The van der Waals surface area contributed by atoms with Gasteiger partial charge in [-0.15, -0.1) is 0 Å². The maximum atomic E-state index is 11.9. The Balaban J connectivity index is 2.30. The van der Waals surface area contributed by atoms with Crippen LogP contribution >= 0.6 is 0 Å². The van der Waals surface area contributed by atoms with Crippen LogP contribution in [0.2, 0.25) is 0 Å². The summed E-state index contributed by atoms with van der Waals surface area (Å²) in [6, 6.07) is -0.155. The second kappa shape index (κ2) is 7.43. The minimum absolute atomic E-state index is 0.00562. The van der Waals surface area contributed by atoms with Crippen molar-refractivity contribution >= 4 is 5.91 Å². The molecule has 0 aromatic carbocycles. The number of amides is 1. The zero-order valence-electron chi connectivity index (χ0n) is 13.0. The smallest absolute Gasteiger partial charge is 0.220 e. The average Bonchev–Trinajstić information content (AvgIpc) is 2.72. The van der Waals surface area contributed by atoms with Gasteiger partial charge in [-0.05, 0) is 25.2 Å². The molecule has 0 saturated heterocycles. The molecule has 0 spiro atoms. The third kappa shape index (κ3) is 6.19. The summed E-state index contributed by atoms with van der Waals surface area (Å²) in [7, 11) is 0. The number of rotatable bonds is 7. The maximum absolute atomic E-state index is 11.9. The normalized spacial score (nSPS) is 13.2. The first-order valence-corrected chi connectivity index (χ1v) is 7.20. The number of aryl methyl sites for hydroxylation is 2. The predicted octanol–water partition coefficient (Wildman–Crippen LogP) is 1.89. The Morgan fingerprint density at radius 1 is 1.50 bits per heavy atom. The maximum Gasteiger partial charge on any atom is 0.220 e. The van der Waals surface area contributed by atoms with Crippen molar-refractivity contribution in [2.75, 3.05) is 6.61 Å². The van der Waals surface area contributed by atoms with Gasteiger partial charge < -0.3 is 15.0 Å². The molecule has 0 fully saturated rings. The van der Waals surface area contributed by atoms with E-state index in [1.165, 1.54) is 0 Å². The van der Waals surface area contributed by atoms with E-state index in [-0.39, 0.29) is 24.0 Å². The van der Waals surface area contributed by atoms with Crippen molar-refractivity contribution in [3.05, 3.63) is 18.2 Å². The highest BCUT2D eigenvalue weighted by molar-refractivity contribution is 5.76. The number of nitrogens with zero attached hydrogens (tertiary/aromatic N) is 2. The highest BCUT2D eigenvalue weighted by Crippen LogP contribution is 2.20. The molecule has 0 radical (unpaired) electrons. The van der Waals surface area contributed by atoms with Crippen LogP contribution in [0.4, 0.5) is 0 Å². The first-order valence-electron chi connectivity index (χ1n) is 7.20. The number of carbonyl (C=O) groups is 1. The van der Waals surface area contributed by atoms with E-state index in [1.54, 1.807) is 6.20 Å². The van der Waals surface area contributed by atoms with E-state index in [0.717, 1.165) is 25.2 Å². The molecule has 114 valence electrons. The summed E-state index contributed by atoms with van der Waals surface area (Å²) in [4.78, 5) is 16.0. The first-order chi connectivity index (χ1) is 9.31. The summed E-state index contributed by atoms with van der Waals surface area (Å²) in [5.74, 6) is 0.970. The fourth-order valence-corrected chi connectivity index (χ4v) is 2.25. The first kappa shape index (κ1) is 16.7. The van der Waals surface area contributed by atoms with Gasteiger partial charge in [0.2, 0.25) is 5.91 Å². The number of aromatic nitrogens is 2. The minimum Gasteiger partial charge on any atom is -0.394 e. The van der Waals surface area contributed by atoms with Crippen molar-refractivity contribution in [3.8, 4) is 0 Å². The van der Waals surface area contributed by atoms with E-state index in [9.17, 15) is 9.90 Å². The van der Waals surface area contributed by atoms with Gasteiger partial charge in [0.25, 0.3) is 0 Å². The van der Waals surface area contributed by atoms with Gasteiger partial charge in [0, 0.05) is 25.4 Å². The Labute approximate surface area is 121 Å². The number of hydrogen-bond donors (Lipinski definition) is 2. The van der Waals surface area contributed by atoms with Crippen LogP contribution in [0, 0.1) is 12.3 Å². The molecule has 1 unspecified atom stereocenters. The van der Waals surface area contributed by atoms with Crippen LogP contribution in [0.25, 0.3) is 0 Å². The van der Waals surface area contributed by atoms with Crippen LogP contribution in [0.5, 0.6) is 0 Å². The molecule has 0 bridgehead atoms. The van der Waals surface area contributed by atoms with E-state index in [1.807, 2.05) is 17.7 Å². The van der Waals surface area contributed by atoms with Crippen molar-refractivity contribution in [1.29, 1.82) is 0 Å². The van der Waals surface area contributed by atoms with Crippen LogP contribution in [-0.4, -0.2) is 33.2 Å². The minimum atomic E-state index is -0.155. The molecule has 1 amide bonds. The summed E-state index contributed by atoms with van der Waals surface area (Å²) < 4.78 is 2.03. The lowest BCUT2D eigenvalue weighted by Gasteiger charge is -2.25. The molecule has 0 aliphatic rings. The average molecular weight is 281 g/mol. The van der Waals surface area contributed by atoms with Crippen LogP contribution in [0.1, 0.15) is 45.9 Å². The van der Waals surface area contributed by atoms with Crippen LogP contribution in [0.15, 0.2) is 12.4 Å². The quantitative estimate of drug-likeness (QED) is 0.802. The van der Waals surface area contributed by atoms with E-state index in [2.05, 4.69) is 31.1 Å². The Bertz CT molecular complexity index is 421. The molecule has 5 nitrogen and oxygen atoms in total. The molecule has 5 heteroatoms. The summed E-state index contributed by atoms with van der Waals surface area (Å²) in [6.45, 7) is 9.04. The summed E-state index contributed by atoms with van der Waals surface area (Å²) in [5, 5.41) is 12.2. The van der Waals surface area contributed by atoms with Gasteiger partial charge in [-0.3, -0.25) is 4.79 Å². The van der Waals surface area contributed by atoms with Gasteiger partial charge >= 0.3 is 0 Å². The molecule has 0 aliphatic carbocycles. The van der Waals surface area contributed by atoms with Gasteiger partial charge in [0.15, 0.2) is 0 Å². The topological polar surface area (TPSA) is 67.2 Å². The molecule has 1 atom stereocenters. The summed E-state index contributed by atoms with van der Waals surface area (Å²) in [5.41, 5.74) is 0.0919. The number of nitrogens with one attached hydrogen (secondary N) is 1. The molecule has 1 aromatic heterocycles. The van der Waals surface area contributed by atoms with Crippen molar-refractivity contribution in [2.45, 2.75) is 59.5 Å². The number of imidazole rings is 1. The van der Waals surface area contributed by atoms with Crippen LogP contribution in [0.3, 0.4) is 0 Å². The predicted molar refractivity (Wildman–Crippen MR) is 79.3 cm³/mol. The fraction of sp³-hybridized carbons (Fsp3) is 0.733. The molecule has 0 aliphatic heterocycles. The van der Waals surface area contributed by atoms with E-state index in [0.29, 0.717) is 6.42 Å². The van der Waals surface area contributed by atoms with E-state index >= 15 is 0 Å². The molecule has 1 aromatic rings. The molecular weight excluding hydrogens is 254 g/mol. The molecule has 0 saturated carbocycles. The monoisotopic (exact) mass is 281 g/mol. The SMILES string of the molecule is Cc1nccn1CCCC(=O)NC(CO)CC(C)(C)C. The number of hydrogen-bond acceptors (Lipinski definition) is 3. The summed E-state index contributed by atoms with van der Waals surface area (Å²) in [6.07, 6.45) is 5.70. The Hall–Kier alpha value is -1.36. The van der Waals surface area contributed by atoms with Crippen molar-refractivity contribution < 1.29 is 9.90 Å². The summed E-state index contributed by atoms with van der Waals surface area (Å²) >= 11 is 0. The molecule has 20 heavy (non-hydrogen) atoms. The van der Waals surface area contributed by atoms with Crippen LogP contribution in [-0.2, 0) is 11.3 Å². The lowest BCUT2D eigenvalue weighted by molar-refractivity contribution is -0.122. The van der Waals surface area contributed by atoms with E-state index < -0.39 is 0 Å². The lowest BCUT2D eigenvalue weighted by Crippen LogP contribution is -2.40. The van der Waals surface area contributed by atoms with Gasteiger partial charge in [0.05, 0.1) is 12.6 Å². The zero-order chi connectivity index (χ0) is 15.2. The third-order valence-electron chi connectivity index (χ3n) is 3.17. The van der Waals surface area contributed by atoms with Gasteiger partial charge in [-0.2, -0.15) is 0 Å². The highest BCUT2D eigenvalue weighted by Gasteiger charge is 2.19.